The third kappa shape index (κ3) is 3.23. The van der Waals surface area contributed by atoms with Gasteiger partial charge >= 0.3 is 0 Å². The quantitative estimate of drug-likeness (QED) is 0.665. The van der Waals surface area contributed by atoms with Crippen LogP contribution in [0.2, 0.25) is 18.1 Å². The Morgan fingerprint density at radius 2 is 1.60 bits per heavy atom. The maximum atomic E-state index is 13.6. The minimum Gasteiger partial charge on any atom is -0.410 e. The van der Waals surface area contributed by atoms with Gasteiger partial charge in [-0.15, -0.1) is 0 Å². The van der Waals surface area contributed by atoms with Crippen LogP contribution in [0.1, 0.15) is 26.3 Å². The molecule has 0 saturated carbocycles. The maximum absolute atomic E-state index is 13.6. The molecule has 0 bridgehead atoms. The second-order valence-electron chi connectivity index (χ2n) is 9.73. The van der Waals surface area contributed by atoms with Crippen LogP contribution in [-0.4, -0.2) is 40.0 Å². The molecule has 0 N–H and O–H groups in total. The van der Waals surface area contributed by atoms with Gasteiger partial charge in [-0.2, -0.15) is 0 Å². The summed E-state index contributed by atoms with van der Waals surface area (Å²) in [5, 5.41) is -1.33. The Hall–Kier alpha value is -1.96. The molecule has 3 atom stereocenters. The van der Waals surface area contributed by atoms with Crippen LogP contribution in [0.4, 0.5) is 5.69 Å². The zero-order valence-electron chi connectivity index (χ0n) is 18.1. The number of fused-ring (bicyclic) bond motifs is 3. The van der Waals surface area contributed by atoms with Crippen LogP contribution in [0.25, 0.3) is 0 Å². The highest BCUT2D eigenvalue weighted by molar-refractivity contribution is 7.93. The van der Waals surface area contributed by atoms with Crippen molar-refractivity contribution in [2.24, 2.45) is 0 Å². The summed E-state index contributed by atoms with van der Waals surface area (Å²) in [4.78, 5) is 15.4. The molecule has 2 aliphatic heterocycles. The monoisotopic (exact) mass is 443 g/mol. The SMILES string of the molecule is CC(C)(C)[Si](C)(C)O[C@@H]1[C@H]2Cc3ccccc3N2C(=O)[C@H]1S(=O)(=O)c1ccccc1. The third-order valence-corrected chi connectivity index (χ3v) is 13.4. The van der Waals surface area contributed by atoms with E-state index in [-0.39, 0.29) is 21.9 Å². The maximum Gasteiger partial charge on any atom is 0.248 e. The van der Waals surface area contributed by atoms with E-state index in [1.165, 1.54) is 0 Å². The highest BCUT2D eigenvalue weighted by Gasteiger charge is 2.59. The molecule has 0 aromatic heterocycles. The van der Waals surface area contributed by atoms with Crippen molar-refractivity contribution >= 4 is 29.7 Å². The predicted octanol–water partition coefficient (Wildman–Crippen LogP) is 4.19. The molecular weight excluding hydrogens is 414 g/mol. The lowest BCUT2D eigenvalue weighted by Gasteiger charge is -2.40. The Balaban J connectivity index is 1.83. The molecule has 1 fully saturated rings. The Bertz CT molecular complexity index is 1080. The second kappa shape index (κ2) is 7.04. The molecule has 0 spiro atoms. The van der Waals surface area contributed by atoms with E-state index in [1.807, 2.05) is 24.3 Å². The number of rotatable bonds is 4. The van der Waals surface area contributed by atoms with Crippen LogP contribution < -0.4 is 4.90 Å². The number of hydrogen-bond donors (Lipinski definition) is 0. The molecule has 1 amide bonds. The van der Waals surface area contributed by atoms with Gasteiger partial charge in [-0.25, -0.2) is 8.42 Å². The number of amides is 1. The van der Waals surface area contributed by atoms with E-state index in [0.29, 0.717) is 6.42 Å². The molecular formula is C23H29NO4SSi. The molecule has 7 heteroatoms. The fourth-order valence-corrected chi connectivity index (χ4v) is 7.39. The van der Waals surface area contributed by atoms with Crippen molar-refractivity contribution in [2.75, 3.05) is 4.90 Å². The molecule has 0 aliphatic carbocycles. The number of para-hydroxylation sites is 1. The van der Waals surface area contributed by atoms with Gasteiger partial charge in [-0.05, 0) is 48.3 Å². The van der Waals surface area contributed by atoms with Crippen molar-refractivity contribution < 1.29 is 17.6 Å². The first kappa shape index (κ1) is 21.3. The standard InChI is InChI=1S/C23H29NO4SSi/c1-23(2,3)30(4,5)28-20-19-15-16-11-9-10-14-18(16)24(19)22(25)21(20)29(26,27)17-12-7-6-8-13-17/h6-14,19-21H,15H2,1-5H3/t19-,20-,21+/m1/s1. The van der Waals surface area contributed by atoms with Gasteiger partial charge < -0.3 is 9.33 Å². The smallest absolute Gasteiger partial charge is 0.248 e. The summed E-state index contributed by atoms with van der Waals surface area (Å²) in [5.74, 6) is -0.377. The van der Waals surface area contributed by atoms with Crippen molar-refractivity contribution in [3.05, 3.63) is 60.2 Å². The van der Waals surface area contributed by atoms with E-state index in [4.69, 9.17) is 4.43 Å². The Kier molecular flexibility index (Phi) is 4.99. The van der Waals surface area contributed by atoms with Crippen LogP contribution in [0.5, 0.6) is 0 Å². The number of benzene rings is 2. The van der Waals surface area contributed by atoms with Gasteiger partial charge in [-0.3, -0.25) is 4.79 Å². The zero-order valence-corrected chi connectivity index (χ0v) is 19.9. The summed E-state index contributed by atoms with van der Waals surface area (Å²) in [6, 6.07) is 15.7. The van der Waals surface area contributed by atoms with Gasteiger partial charge in [-0.1, -0.05) is 57.2 Å². The first-order chi connectivity index (χ1) is 13.9. The lowest BCUT2D eigenvalue weighted by Crippen LogP contribution is -2.51. The van der Waals surface area contributed by atoms with Gasteiger partial charge in [0.1, 0.15) is 0 Å². The lowest BCUT2D eigenvalue weighted by molar-refractivity contribution is -0.117. The van der Waals surface area contributed by atoms with Crippen LogP contribution in [0.3, 0.4) is 0 Å². The van der Waals surface area contributed by atoms with Crippen LogP contribution in [0, 0.1) is 0 Å². The van der Waals surface area contributed by atoms with E-state index in [1.54, 1.807) is 35.2 Å². The van der Waals surface area contributed by atoms with Crippen molar-refractivity contribution in [1.82, 2.24) is 0 Å². The van der Waals surface area contributed by atoms with Crippen molar-refractivity contribution in [3.8, 4) is 0 Å². The topological polar surface area (TPSA) is 63.7 Å². The minimum absolute atomic E-state index is 0.101. The first-order valence-electron chi connectivity index (χ1n) is 10.3. The second-order valence-corrected chi connectivity index (χ2v) is 16.6. The molecule has 4 rings (SSSR count). The van der Waals surface area contributed by atoms with Crippen LogP contribution >= 0.6 is 0 Å². The average Bonchev–Trinajstić information content (AvgIpc) is 3.17. The number of hydrogen-bond acceptors (Lipinski definition) is 4. The number of nitrogens with zero attached hydrogens (tertiary/aromatic N) is 1. The summed E-state index contributed by atoms with van der Waals surface area (Å²) in [6.45, 7) is 10.6. The van der Waals surface area contributed by atoms with Crippen LogP contribution in [0.15, 0.2) is 59.5 Å². The van der Waals surface area contributed by atoms with E-state index in [0.717, 1.165) is 11.3 Å². The zero-order chi connectivity index (χ0) is 21.9. The van der Waals surface area contributed by atoms with Crippen LogP contribution in [-0.2, 0) is 25.5 Å². The number of sulfone groups is 1. The van der Waals surface area contributed by atoms with Crippen molar-refractivity contribution in [3.63, 3.8) is 0 Å². The summed E-state index contributed by atoms with van der Waals surface area (Å²) in [5.41, 5.74) is 1.87. The predicted molar refractivity (Wildman–Crippen MR) is 121 cm³/mol. The Morgan fingerprint density at radius 3 is 2.23 bits per heavy atom. The summed E-state index contributed by atoms with van der Waals surface area (Å²) in [7, 11) is -6.22. The fourth-order valence-electron chi connectivity index (χ4n) is 4.16. The van der Waals surface area contributed by atoms with E-state index < -0.39 is 29.5 Å². The normalized spacial score (nSPS) is 24.1. The first-order valence-corrected chi connectivity index (χ1v) is 14.8. The Morgan fingerprint density at radius 1 is 1.00 bits per heavy atom. The molecule has 0 radical (unpaired) electrons. The minimum atomic E-state index is -3.89. The van der Waals surface area contributed by atoms with Gasteiger partial charge in [0.25, 0.3) is 0 Å². The van der Waals surface area contributed by atoms with Gasteiger partial charge in [0, 0.05) is 5.69 Å². The average molecular weight is 444 g/mol. The Labute approximate surface area is 180 Å². The summed E-state index contributed by atoms with van der Waals surface area (Å²) in [6.07, 6.45) is -0.0850. The molecule has 2 aliphatic rings. The number of carbonyl (C=O) groups is 1. The molecule has 30 heavy (non-hydrogen) atoms. The molecule has 2 aromatic carbocycles. The van der Waals surface area contributed by atoms with Gasteiger partial charge in [0.15, 0.2) is 23.4 Å². The number of carbonyl (C=O) groups excluding carboxylic acids is 1. The van der Waals surface area contributed by atoms with Crippen molar-refractivity contribution in [2.45, 2.75) is 67.6 Å². The van der Waals surface area contributed by atoms with Crippen molar-refractivity contribution in [1.29, 1.82) is 0 Å². The largest absolute Gasteiger partial charge is 0.410 e. The highest BCUT2D eigenvalue weighted by Crippen LogP contribution is 2.46. The van der Waals surface area contributed by atoms with E-state index in [9.17, 15) is 13.2 Å². The molecule has 2 heterocycles. The molecule has 5 nitrogen and oxygen atoms in total. The molecule has 0 unspecified atom stereocenters. The van der Waals surface area contributed by atoms with Gasteiger partial charge in [0.2, 0.25) is 5.91 Å². The summed E-state index contributed by atoms with van der Waals surface area (Å²) < 4.78 is 33.9. The third-order valence-electron chi connectivity index (χ3n) is 6.81. The highest BCUT2D eigenvalue weighted by atomic mass is 32.2. The van der Waals surface area contributed by atoms with Gasteiger partial charge in [0.05, 0.1) is 17.0 Å². The number of anilines is 1. The van der Waals surface area contributed by atoms with E-state index in [2.05, 4.69) is 33.9 Å². The molecule has 160 valence electrons. The molecule has 2 aromatic rings. The lowest BCUT2D eigenvalue weighted by atomic mass is 10.1. The fraction of sp³-hybridized carbons (Fsp3) is 0.435. The summed E-state index contributed by atoms with van der Waals surface area (Å²) >= 11 is 0. The van der Waals surface area contributed by atoms with E-state index >= 15 is 0 Å². The molecule has 1 saturated heterocycles.